The van der Waals surface area contributed by atoms with Crippen molar-refractivity contribution in [1.29, 1.82) is 5.26 Å². The highest BCUT2D eigenvalue weighted by Crippen LogP contribution is 2.31. The Hall–Kier alpha value is -2.75. The first-order valence-corrected chi connectivity index (χ1v) is 9.17. The fourth-order valence-electron chi connectivity index (χ4n) is 4.08. The highest BCUT2D eigenvalue weighted by atomic mass is 16.2. The fraction of sp³-hybridized carbons (Fsp3) is 0.526. The number of pyridine rings is 1. The number of H-pyrrole nitrogens is 1. The molecule has 1 N–H and O–H groups in total. The summed E-state index contributed by atoms with van der Waals surface area (Å²) in [4.78, 5) is 26.3. The van der Waals surface area contributed by atoms with Crippen molar-refractivity contribution in [3.63, 3.8) is 0 Å². The molecule has 2 aliphatic rings. The lowest BCUT2D eigenvalue weighted by Crippen LogP contribution is -2.59. The van der Waals surface area contributed by atoms with Crippen molar-refractivity contribution < 1.29 is 4.79 Å². The van der Waals surface area contributed by atoms with Gasteiger partial charge in [-0.25, -0.2) is 9.78 Å². The second-order valence-electron chi connectivity index (χ2n) is 7.47. The van der Waals surface area contributed by atoms with E-state index in [0.29, 0.717) is 25.6 Å². The molecule has 2 aromatic heterocycles. The molecule has 2 aromatic rings. The van der Waals surface area contributed by atoms with Crippen LogP contribution in [0.25, 0.3) is 11.0 Å². The van der Waals surface area contributed by atoms with Crippen LogP contribution < -0.4 is 4.90 Å². The Labute approximate surface area is 153 Å². The third kappa shape index (κ3) is 2.75. The molecule has 4 rings (SSSR count). The van der Waals surface area contributed by atoms with Gasteiger partial charge in [0, 0.05) is 62.7 Å². The summed E-state index contributed by atoms with van der Waals surface area (Å²) in [5.41, 5.74) is 2.02. The van der Waals surface area contributed by atoms with Crippen molar-refractivity contribution in [2.24, 2.45) is 11.8 Å². The van der Waals surface area contributed by atoms with Crippen LogP contribution in [0, 0.1) is 23.2 Å². The van der Waals surface area contributed by atoms with Gasteiger partial charge in [-0.1, -0.05) is 6.92 Å². The molecule has 1 unspecified atom stereocenters. The standard InChI is InChI=1S/C19H24N6O/c1-13-5-8-24(19(26)25-10-14(9-20)11-25)12-17(13)23(2)16-4-7-22-18-15(16)3-6-21-18/h3-4,6-7,13-14,17H,5,8,10-12H2,1-2H3,(H,21,22)/t13-,17?/m1/s1. The molecular weight excluding hydrogens is 328 g/mol. The summed E-state index contributed by atoms with van der Waals surface area (Å²) in [7, 11) is 2.10. The van der Waals surface area contributed by atoms with Crippen molar-refractivity contribution in [3.8, 4) is 6.07 Å². The first-order chi connectivity index (χ1) is 12.6. The summed E-state index contributed by atoms with van der Waals surface area (Å²) in [6.07, 6.45) is 4.71. The Kier molecular flexibility index (Phi) is 4.19. The Morgan fingerprint density at radius 2 is 2.15 bits per heavy atom. The van der Waals surface area contributed by atoms with E-state index in [2.05, 4.69) is 34.9 Å². The van der Waals surface area contributed by atoms with Crippen LogP contribution in [0.2, 0.25) is 0 Å². The van der Waals surface area contributed by atoms with E-state index >= 15 is 0 Å². The Morgan fingerprint density at radius 1 is 1.35 bits per heavy atom. The van der Waals surface area contributed by atoms with E-state index in [1.54, 1.807) is 4.90 Å². The summed E-state index contributed by atoms with van der Waals surface area (Å²) in [5, 5.41) is 10.0. The number of aromatic nitrogens is 2. The van der Waals surface area contributed by atoms with Crippen molar-refractivity contribution >= 4 is 22.8 Å². The van der Waals surface area contributed by atoms with Gasteiger partial charge in [0.1, 0.15) is 5.65 Å². The van der Waals surface area contributed by atoms with Gasteiger partial charge in [-0.3, -0.25) is 0 Å². The van der Waals surface area contributed by atoms with E-state index in [-0.39, 0.29) is 18.0 Å². The fourth-order valence-corrected chi connectivity index (χ4v) is 4.08. The van der Waals surface area contributed by atoms with Crippen LogP contribution in [0.5, 0.6) is 0 Å². The van der Waals surface area contributed by atoms with Gasteiger partial charge in [-0.15, -0.1) is 0 Å². The third-order valence-corrected chi connectivity index (χ3v) is 5.84. The minimum absolute atomic E-state index is 0.000159. The first-order valence-electron chi connectivity index (χ1n) is 9.17. The molecule has 2 fully saturated rings. The van der Waals surface area contributed by atoms with E-state index in [4.69, 9.17) is 5.26 Å². The Morgan fingerprint density at radius 3 is 2.92 bits per heavy atom. The number of likely N-dealkylation sites (N-methyl/N-ethyl adjacent to an activating group) is 1. The second-order valence-corrected chi connectivity index (χ2v) is 7.47. The minimum atomic E-state index is -0.000159. The van der Waals surface area contributed by atoms with E-state index in [0.717, 1.165) is 29.7 Å². The maximum Gasteiger partial charge on any atom is 0.320 e. The lowest BCUT2D eigenvalue weighted by Gasteiger charge is -2.46. The molecule has 0 aliphatic carbocycles. The second kappa shape index (κ2) is 6.52. The first kappa shape index (κ1) is 16.7. The Bertz CT molecular complexity index is 849. The number of hydrogen-bond acceptors (Lipinski definition) is 4. The number of nitrogens with zero attached hydrogens (tertiary/aromatic N) is 5. The van der Waals surface area contributed by atoms with Gasteiger partial charge < -0.3 is 19.7 Å². The number of nitrogens with one attached hydrogen (secondary N) is 1. The predicted octanol–water partition coefficient (Wildman–Crippen LogP) is 2.28. The molecular formula is C19H24N6O. The molecule has 2 atom stereocenters. The largest absolute Gasteiger partial charge is 0.369 e. The Balaban J connectivity index is 1.51. The molecule has 4 heterocycles. The molecule has 7 heteroatoms. The molecule has 0 saturated carbocycles. The maximum atomic E-state index is 12.7. The van der Waals surface area contributed by atoms with Gasteiger partial charge in [0.15, 0.2) is 0 Å². The molecule has 2 aliphatic heterocycles. The average molecular weight is 352 g/mol. The zero-order valence-corrected chi connectivity index (χ0v) is 15.2. The number of amides is 2. The molecule has 0 spiro atoms. The van der Waals surface area contributed by atoms with Crippen LogP contribution in [-0.4, -0.2) is 65.1 Å². The van der Waals surface area contributed by atoms with E-state index in [9.17, 15) is 4.79 Å². The van der Waals surface area contributed by atoms with Gasteiger partial charge in [0.25, 0.3) is 0 Å². The lowest BCUT2D eigenvalue weighted by atomic mass is 9.91. The highest BCUT2D eigenvalue weighted by molar-refractivity contribution is 5.89. The summed E-state index contributed by atoms with van der Waals surface area (Å²) < 4.78 is 0. The normalized spacial score (nSPS) is 23.6. The van der Waals surface area contributed by atoms with E-state index < -0.39 is 0 Å². The number of aromatic amines is 1. The zero-order chi connectivity index (χ0) is 18.3. The number of carbonyl (C=O) groups excluding carboxylic acids is 1. The van der Waals surface area contributed by atoms with Gasteiger partial charge in [-0.2, -0.15) is 5.26 Å². The molecule has 26 heavy (non-hydrogen) atoms. The van der Waals surface area contributed by atoms with Crippen LogP contribution >= 0.6 is 0 Å². The van der Waals surface area contributed by atoms with Crippen LogP contribution in [0.15, 0.2) is 24.5 Å². The molecule has 136 valence electrons. The number of hydrogen-bond donors (Lipinski definition) is 1. The van der Waals surface area contributed by atoms with E-state index in [1.807, 2.05) is 29.4 Å². The third-order valence-electron chi connectivity index (χ3n) is 5.84. The van der Waals surface area contributed by atoms with Crippen LogP contribution in [-0.2, 0) is 0 Å². The summed E-state index contributed by atoms with van der Waals surface area (Å²) in [6, 6.07) is 6.64. The molecule has 7 nitrogen and oxygen atoms in total. The zero-order valence-electron chi connectivity index (χ0n) is 15.2. The summed E-state index contributed by atoms with van der Waals surface area (Å²) >= 11 is 0. The molecule has 2 amide bonds. The van der Waals surface area contributed by atoms with Gasteiger partial charge >= 0.3 is 6.03 Å². The lowest BCUT2D eigenvalue weighted by molar-refractivity contribution is 0.0911. The molecule has 0 bridgehead atoms. The van der Waals surface area contributed by atoms with Gasteiger partial charge in [-0.05, 0) is 24.5 Å². The number of nitriles is 1. The van der Waals surface area contributed by atoms with Crippen molar-refractivity contribution in [2.75, 3.05) is 38.1 Å². The van der Waals surface area contributed by atoms with Crippen molar-refractivity contribution in [3.05, 3.63) is 24.5 Å². The number of rotatable bonds is 2. The molecule has 2 saturated heterocycles. The predicted molar refractivity (Wildman–Crippen MR) is 99.7 cm³/mol. The van der Waals surface area contributed by atoms with Gasteiger partial charge in [0.05, 0.1) is 12.0 Å². The van der Waals surface area contributed by atoms with Crippen LogP contribution in [0.3, 0.4) is 0 Å². The van der Waals surface area contributed by atoms with E-state index in [1.165, 1.54) is 0 Å². The van der Waals surface area contributed by atoms with Crippen LogP contribution in [0.4, 0.5) is 10.5 Å². The molecule has 0 radical (unpaired) electrons. The van der Waals surface area contributed by atoms with Crippen LogP contribution in [0.1, 0.15) is 13.3 Å². The minimum Gasteiger partial charge on any atom is -0.369 e. The summed E-state index contributed by atoms with van der Waals surface area (Å²) in [5.74, 6) is 0.495. The number of carbonyl (C=O) groups is 1. The number of likely N-dealkylation sites (tertiary alicyclic amines) is 2. The number of anilines is 1. The monoisotopic (exact) mass is 352 g/mol. The smallest absolute Gasteiger partial charge is 0.320 e. The quantitative estimate of drug-likeness (QED) is 0.899. The summed E-state index contributed by atoms with van der Waals surface area (Å²) in [6.45, 7) is 4.88. The van der Waals surface area contributed by atoms with Crippen molar-refractivity contribution in [2.45, 2.75) is 19.4 Å². The molecule has 0 aromatic carbocycles. The van der Waals surface area contributed by atoms with Gasteiger partial charge in [0.2, 0.25) is 0 Å². The SMILES string of the molecule is C[C@@H]1CCN(C(=O)N2CC(C#N)C2)CC1N(C)c1ccnc2[nH]ccc12. The number of urea groups is 1. The number of fused-ring (bicyclic) bond motifs is 1. The topological polar surface area (TPSA) is 79.3 Å². The highest BCUT2D eigenvalue weighted by Gasteiger charge is 2.37. The number of piperidine rings is 1. The van der Waals surface area contributed by atoms with Crippen molar-refractivity contribution in [1.82, 2.24) is 19.8 Å². The average Bonchev–Trinajstić information content (AvgIpc) is 3.09. The maximum absolute atomic E-state index is 12.7.